The Bertz CT molecular complexity index is 828. The lowest BCUT2D eigenvalue weighted by Gasteiger charge is -2.43. The van der Waals surface area contributed by atoms with Crippen LogP contribution < -0.4 is 11.1 Å². The van der Waals surface area contributed by atoms with Gasteiger partial charge in [-0.1, -0.05) is 12.1 Å². The van der Waals surface area contributed by atoms with Crippen molar-refractivity contribution < 1.29 is 9.15 Å². The summed E-state index contributed by atoms with van der Waals surface area (Å²) in [5.74, 6) is 1.66. The van der Waals surface area contributed by atoms with Crippen molar-refractivity contribution in [2.45, 2.75) is 31.7 Å². The number of ether oxygens (including phenoxy) is 1. The zero-order valence-electron chi connectivity index (χ0n) is 14.2. The van der Waals surface area contributed by atoms with Gasteiger partial charge in [-0.15, -0.1) is 0 Å². The highest BCUT2D eigenvalue weighted by Crippen LogP contribution is 2.50. The van der Waals surface area contributed by atoms with Crippen LogP contribution in [-0.2, 0) is 4.74 Å². The van der Waals surface area contributed by atoms with Gasteiger partial charge in [0.1, 0.15) is 5.52 Å². The molecule has 5 nitrogen and oxygen atoms in total. The highest BCUT2D eigenvalue weighted by atomic mass is 16.5. The second-order valence-electron chi connectivity index (χ2n) is 7.28. The lowest BCUT2D eigenvalue weighted by atomic mass is 9.65. The van der Waals surface area contributed by atoms with E-state index >= 15 is 0 Å². The highest BCUT2D eigenvalue weighted by Gasteiger charge is 2.42. The minimum atomic E-state index is 0.461. The topological polar surface area (TPSA) is 73.3 Å². The fourth-order valence-electron chi connectivity index (χ4n) is 4.25. The number of para-hydroxylation sites is 2. The van der Waals surface area contributed by atoms with E-state index in [1.165, 1.54) is 18.5 Å². The molecule has 0 bridgehead atoms. The third-order valence-electron chi connectivity index (χ3n) is 5.79. The molecular weight excluding hydrogens is 314 g/mol. The molecule has 1 aliphatic heterocycles. The molecule has 1 aromatic carbocycles. The van der Waals surface area contributed by atoms with Gasteiger partial charge in [-0.2, -0.15) is 0 Å². The summed E-state index contributed by atoms with van der Waals surface area (Å²) < 4.78 is 11.5. The van der Waals surface area contributed by atoms with Crippen molar-refractivity contribution in [3.05, 3.63) is 47.6 Å². The fourth-order valence-corrected chi connectivity index (χ4v) is 4.25. The molecular formula is C20H23N3O2. The Morgan fingerprint density at radius 1 is 1.04 bits per heavy atom. The van der Waals surface area contributed by atoms with Gasteiger partial charge in [-0.25, -0.2) is 4.98 Å². The number of nitrogens with zero attached hydrogens (tertiary/aromatic N) is 1. The monoisotopic (exact) mass is 337 g/mol. The first-order valence-corrected chi connectivity index (χ1v) is 9.21. The Hall–Kier alpha value is -2.27. The number of hydrogen-bond acceptors (Lipinski definition) is 5. The van der Waals surface area contributed by atoms with Crippen molar-refractivity contribution in [1.82, 2.24) is 10.3 Å². The van der Waals surface area contributed by atoms with Crippen molar-refractivity contribution in [1.29, 1.82) is 0 Å². The largest absolute Gasteiger partial charge is 0.436 e. The van der Waals surface area contributed by atoms with Crippen LogP contribution in [0.5, 0.6) is 0 Å². The van der Waals surface area contributed by atoms with Crippen molar-refractivity contribution in [3.8, 4) is 0 Å². The van der Waals surface area contributed by atoms with Crippen molar-refractivity contribution in [3.63, 3.8) is 0 Å². The molecule has 0 amide bonds. The minimum absolute atomic E-state index is 0.461. The number of benzene rings is 1. The number of fused-ring (bicyclic) bond motifs is 2. The lowest BCUT2D eigenvalue weighted by molar-refractivity contribution is 0.0781. The Balaban J connectivity index is 1.47. The maximum Gasteiger partial charge on any atom is 0.223 e. The molecule has 2 atom stereocenters. The molecule has 0 spiro atoms. The number of aromatic nitrogens is 1. The van der Waals surface area contributed by atoms with Crippen molar-refractivity contribution in [2.75, 3.05) is 13.2 Å². The van der Waals surface area contributed by atoms with Crippen LogP contribution in [0.15, 0.2) is 46.2 Å². The predicted octanol–water partition coefficient (Wildman–Crippen LogP) is 3.19. The smallest absolute Gasteiger partial charge is 0.223 e. The number of nitrogens with one attached hydrogen (secondary N) is 1. The first-order valence-electron chi connectivity index (χ1n) is 9.21. The van der Waals surface area contributed by atoms with E-state index in [4.69, 9.17) is 14.9 Å². The summed E-state index contributed by atoms with van der Waals surface area (Å²) in [7, 11) is 0. The number of hydrogen-bond donors (Lipinski definition) is 2. The zero-order valence-corrected chi connectivity index (χ0v) is 14.2. The van der Waals surface area contributed by atoms with E-state index in [0.717, 1.165) is 54.3 Å². The van der Waals surface area contributed by atoms with Gasteiger partial charge in [0.15, 0.2) is 5.58 Å². The second kappa shape index (κ2) is 5.92. The van der Waals surface area contributed by atoms with Crippen molar-refractivity contribution >= 4 is 16.7 Å². The molecule has 3 N–H and O–H groups in total. The molecule has 2 heterocycles. The van der Waals surface area contributed by atoms with Crippen molar-refractivity contribution in [2.24, 2.45) is 17.6 Å². The van der Waals surface area contributed by atoms with Gasteiger partial charge in [-0.05, 0) is 49.8 Å². The summed E-state index contributed by atoms with van der Waals surface area (Å²) in [6.07, 6.45) is 6.52. The number of oxazole rings is 1. The second-order valence-corrected chi connectivity index (χ2v) is 7.28. The standard InChI is InChI=1S/C20H23N3O2/c21-16-11-15(20-23-17-3-1-2-4-18(17)25-20)13-5-6-14(13)19(16)22-12-7-9-24-10-8-12/h1-4,11-14,22H,5-10,21H2/t13?,14-/m0/s1. The molecule has 25 heavy (non-hydrogen) atoms. The van der Waals surface area contributed by atoms with E-state index in [9.17, 15) is 0 Å². The Morgan fingerprint density at radius 2 is 1.84 bits per heavy atom. The molecule has 1 unspecified atom stereocenters. The number of nitrogens with two attached hydrogens (primary N) is 1. The summed E-state index contributed by atoms with van der Waals surface area (Å²) in [5.41, 5.74) is 11.4. The van der Waals surface area contributed by atoms with E-state index in [1.54, 1.807) is 0 Å². The van der Waals surface area contributed by atoms with Gasteiger partial charge in [0.25, 0.3) is 0 Å². The first-order chi connectivity index (χ1) is 12.3. The fraction of sp³-hybridized carbons (Fsp3) is 0.450. The van der Waals surface area contributed by atoms with Crippen LogP contribution in [-0.4, -0.2) is 24.2 Å². The van der Waals surface area contributed by atoms with E-state index < -0.39 is 0 Å². The Kier molecular flexibility index (Phi) is 3.55. The predicted molar refractivity (Wildman–Crippen MR) is 96.4 cm³/mol. The average molecular weight is 337 g/mol. The summed E-state index contributed by atoms with van der Waals surface area (Å²) in [5, 5.41) is 3.72. The molecule has 1 saturated heterocycles. The molecule has 1 aromatic heterocycles. The molecule has 1 saturated carbocycles. The Labute approximate surface area is 146 Å². The molecule has 2 fully saturated rings. The van der Waals surface area contributed by atoms with Crippen LogP contribution in [0.3, 0.4) is 0 Å². The molecule has 5 rings (SSSR count). The third kappa shape index (κ3) is 2.54. The molecule has 3 aliphatic rings. The van der Waals surface area contributed by atoms with Gasteiger partial charge in [0.2, 0.25) is 5.89 Å². The quantitative estimate of drug-likeness (QED) is 0.900. The average Bonchev–Trinajstić information content (AvgIpc) is 3.03. The van der Waals surface area contributed by atoms with E-state index in [0.29, 0.717) is 17.9 Å². The molecule has 2 aromatic rings. The minimum Gasteiger partial charge on any atom is -0.436 e. The van der Waals surface area contributed by atoms with Crippen LogP contribution >= 0.6 is 0 Å². The van der Waals surface area contributed by atoms with Crippen LogP contribution in [0.1, 0.15) is 31.6 Å². The molecule has 0 radical (unpaired) electrons. The highest BCUT2D eigenvalue weighted by molar-refractivity contribution is 5.77. The maximum absolute atomic E-state index is 6.44. The van der Waals surface area contributed by atoms with E-state index in [2.05, 4.69) is 16.4 Å². The zero-order chi connectivity index (χ0) is 16.8. The van der Waals surface area contributed by atoms with Crippen LogP contribution in [0.4, 0.5) is 0 Å². The summed E-state index contributed by atoms with van der Waals surface area (Å²) in [6.45, 7) is 1.67. The van der Waals surface area contributed by atoms with Gasteiger partial charge < -0.3 is 20.2 Å². The number of allylic oxidation sites excluding steroid dienone is 3. The summed E-state index contributed by atoms with van der Waals surface area (Å²) in [6, 6.07) is 8.39. The van der Waals surface area contributed by atoms with Gasteiger partial charge in [-0.3, -0.25) is 0 Å². The molecule has 5 heteroatoms. The van der Waals surface area contributed by atoms with Crippen LogP contribution in [0.2, 0.25) is 0 Å². The maximum atomic E-state index is 6.44. The molecule has 130 valence electrons. The SMILES string of the molecule is NC1=C(NC2CCOCC2)[C@H]2CCC2C(c2nc3ccccc3o2)=C1. The van der Waals surface area contributed by atoms with Crippen LogP contribution in [0, 0.1) is 11.8 Å². The summed E-state index contributed by atoms with van der Waals surface area (Å²) >= 11 is 0. The van der Waals surface area contributed by atoms with Gasteiger partial charge in [0.05, 0.1) is 5.70 Å². The number of rotatable bonds is 3. The first kappa shape index (κ1) is 15.0. The van der Waals surface area contributed by atoms with Gasteiger partial charge >= 0.3 is 0 Å². The lowest BCUT2D eigenvalue weighted by Crippen LogP contribution is -2.43. The summed E-state index contributed by atoms with van der Waals surface area (Å²) in [4.78, 5) is 4.68. The van der Waals surface area contributed by atoms with Gasteiger partial charge in [0, 0.05) is 36.4 Å². The van der Waals surface area contributed by atoms with E-state index in [1.807, 2.05) is 24.3 Å². The Morgan fingerprint density at radius 3 is 2.60 bits per heavy atom. The van der Waals surface area contributed by atoms with Crippen LogP contribution in [0.25, 0.3) is 16.7 Å². The van der Waals surface area contributed by atoms with E-state index in [-0.39, 0.29) is 0 Å². The molecule has 2 aliphatic carbocycles. The third-order valence-corrected chi connectivity index (χ3v) is 5.79. The normalized spacial score (nSPS) is 27.0.